The summed E-state index contributed by atoms with van der Waals surface area (Å²) < 4.78 is 0. The average Bonchev–Trinajstić information content (AvgIpc) is 3.25. The first-order valence-corrected chi connectivity index (χ1v) is 21.9. The van der Waals surface area contributed by atoms with Crippen molar-refractivity contribution in [1.29, 1.82) is 0 Å². The average molecular weight is 961 g/mol. The van der Waals surface area contributed by atoms with E-state index in [9.17, 15) is 68.1 Å². The number of aliphatic carboxylic acids is 3. The van der Waals surface area contributed by atoms with Gasteiger partial charge in [-0.2, -0.15) is 0 Å². The number of unbranched alkanes of at least 4 members (excludes halogenated alkanes) is 1. The number of carboxylic acid groups (broad SMARTS) is 3. The molecule has 1 aromatic rings. The number of hydrogen-bond donors (Lipinski definition) is 14. The van der Waals surface area contributed by atoms with Crippen LogP contribution in [0.5, 0.6) is 0 Å². The minimum absolute atomic E-state index is 0.000814. The standard InChI is InChI=1S/C42H64N12O14/c1-21(2)33-41(68)53-28(19-31(57)58)38(65)47-22(3)34(61)48-26(14-15-30(55)56)36(63)52-29(20-32(59)60)40(67)49-24(12-7-8-16-43)35(62)51-27(18-23-10-5-4-6-11-23)39(66)50-25(37(64)54-33)13-9-17-46-42(44)45/h4-6,10-11,21-22,24-29,33H,7-9,12-20,43H2,1-3H3,(H,47,65)(H,48,61)(H,49,67)(H,50,66)(H,51,62)(H,52,63)(H,53,68)(H,54,64)(H,55,56)(H,57,58)(H,59,60)(H4,44,45,46)/t22-,24-,25-,26-,27-,28-,29-,33-/m0/s1. The Morgan fingerprint density at radius 2 is 1.00 bits per heavy atom. The van der Waals surface area contributed by atoms with Crippen molar-refractivity contribution in [2.24, 2.45) is 28.1 Å². The molecule has 17 N–H and O–H groups in total. The van der Waals surface area contributed by atoms with Gasteiger partial charge in [-0.05, 0) is 63.5 Å². The minimum atomic E-state index is -1.94. The molecule has 0 saturated carbocycles. The molecule has 0 bridgehead atoms. The van der Waals surface area contributed by atoms with Gasteiger partial charge in [0.15, 0.2) is 5.96 Å². The van der Waals surface area contributed by atoms with E-state index in [0.29, 0.717) is 12.0 Å². The zero-order chi connectivity index (χ0) is 51.1. The van der Waals surface area contributed by atoms with Crippen LogP contribution >= 0.6 is 0 Å². The summed E-state index contributed by atoms with van der Waals surface area (Å²) >= 11 is 0. The molecule has 1 saturated heterocycles. The first-order chi connectivity index (χ1) is 32.0. The number of benzene rings is 1. The van der Waals surface area contributed by atoms with Crippen molar-refractivity contribution in [2.75, 3.05) is 13.1 Å². The molecule has 68 heavy (non-hydrogen) atoms. The molecule has 1 aliphatic rings. The Labute approximate surface area is 391 Å². The maximum atomic E-state index is 14.3. The fourth-order valence-corrected chi connectivity index (χ4v) is 6.71. The van der Waals surface area contributed by atoms with Crippen LogP contribution in [0.2, 0.25) is 0 Å². The summed E-state index contributed by atoms with van der Waals surface area (Å²) in [5, 5.41) is 47.9. The molecule has 0 aromatic heterocycles. The normalized spacial score (nSPS) is 24.0. The fraction of sp³-hybridized carbons (Fsp3) is 0.571. The van der Waals surface area contributed by atoms with Gasteiger partial charge in [-0.15, -0.1) is 0 Å². The van der Waals surface area contributed by atoms with Gasteiger partial charge in [0.1, 0.15) is 48.3 Å². The zero-order valence-electron chi connectivity index (χ0n) is 38.1. The van der Waals surface area contributed by atoms with E-state index in [2.05, 4.69) is 47.5 Å². The number of carboxylic acids is 3. The lowest BCUT2D eigenvalue weighted by molar-refractivity contribution is -0.142. The molecule has 0 spiro atoms. The van der Waals surface area contributed by atoms with Gasteiger partial charge >= 0.3 is 17.9 Å². The number of hydrogen-bond acceptors (Lipinski definition) is 13. The van der Waals surface area contributed by atoms with E-state index < -0.39 is 145 Å². The number of aliphatic imine (C=N–C) groups is 1. The summed E-state index contributed by atoms with van der Waals surface area (Å²) in [6.07, 6.45) is -3.15. The zero-order valence-corrected chi connectivity index (χ0v) is 38.1. The van der Waals surface area contributed by atoms with Crippen LogP contribution in [0.15, 0.2) is 35.3 Å². The number of nitrogens with two attached hydrogens (primary N) is 3. The molecule has 8 atom stereocenters. The number of carbonyl (C=O) groups excluding carboxylic acids is 8. The van der Waals surface area contributed by atoms with E-state index in [1.165, 1.54) is 13.8 Å². The van der Waals surface area contributed by atoms with Crippen LogP contribution in [0, 0.1) is 5.92 Å². The predicted molar refractivity (Wildman–Crippen MR) is 240 cm³/mol. The molecule has 376 valence electrons. The summed E-state index contributed by atoms with van der Waals surface area (Å²) in [5.74, 6) is -14.1. The van der Waals surface area contributed by atoms with E-state index in [0.717, 1.165) is 6.92 Å². The highest BCUT2D eigenvalue weighted by Crippen LogP contribution is 2.12. The molecule has 1 heterocycles. The van der Waals surface area contributed by atoms with Crippen molar-refractivity contribution in [1.82, 2.24) is 42.5 Å². The van der Waals surface area contributed by atoms with Crippen molar-refractivity contribution >= 4 is 71.1 Å². The maximum absolute atomic E-state index is 14.3. The lowest BCUT2D eigenvalue weighted by atomic mass is 10.00. The molecule has 26 nitrogen and oxygen atoms in total. The summed E-state index contributed by atoms with van der Waals surface area (Å²) in [5.41, 5.74) is 17.2. The lowest BCUT2D eigenvalue weighted by Gasteiger charge is -2.29. The van der Waals surface area contributed by atoms with Crippen molar-refractivity contribution < 1.29 is 68.1 Å². The lowest BCUT2D eigenvalue weighted by Crippen LogP contribution is -2.62. The SMILES string of the molecule is CC(C)[C@@H]1NC(=O)[C@H](CCCN=C(N)N)NC(=O)[C@H](Cc2ccccc2)NC(=O)[C@H](CCCCN)NC(=O)[C@H](CC(=O)O)NC(=O)[C@H](CCC(=O)O)NC(=O)[C@H](C)NC(=O)[C@H](CC(=O)O)NC1=O. The summed E-state index contributed by atoms with van der Waals surface area (Å²) in [6.45, 7) is 4.35. The van der Waals surface area contributed by atoms with Crippen molar-refractivity contribution in [2.45, 2.75) is 133 Å². The number of nitrogens with one attached hydrogen (secondary N) is 8. The van der Waals surface area contributed by atoms with Crippen molar-refractivity contribution in [3.63, 3.8) is 0 Å². The Kier molecular flexibility index (Phi) is 23.9. The van der Waals surface area contributed by atoms with Crippen LogP contribution in [0.3, 0.4) is 0 Å². The van der Waals surface area contributed by atoms with E-state index in [1.54, 1.807) is 30.3 Å². The molecule has 0 radical (unpaired) electrons. The van der Waals surface area contributed by atoms with Gasteiger partial charge in [0, 0.05) is 19.4 Å². The topological polar surface area (TPSA) is 435 Å². The van der Waals surface area contributed by atoms with E-state index in [4.69, 9.17) is 17.2 Å². The predicted octanol–water partition coefficient (Wildman–Crippen LogP) is -4.21. The van der Waals surface area contributed by atoms with Gasteiger partial charge in [-0.1, -0.05) is 44.2 Å². The van der Waals surface area contributed by atoms with Gasteiger partial charge in [0.2, 0.25) is 47.3 Å². The molecular formula is C42H64N12O14. The monoisotopic (exact) mass is 960 g/mol. The van der Waals surface area contributed by atoms with E-state index in [1.807, 2.05) is 0 Å². The molecule has 1 aliphatic heterocycles. The third-order valence-corrected chi connectivity index (χ3v) is 10.4. The Morgan fingerprint density at radius 1 is 0.559 bits per heavy atom. The van der Waals surface area contributed by atoms with Gasteiger partial charge in [-0.3, -0.25) is 57.7 Å². The van der Waals surface area contributed by atoms with Crippen LogP contribution in [0.4, 0.5) is 0 Å². The largest absolute Gasteiger partial charge is 0.481 e. The van der Waals surface area contributed by atoms with Crippen LogP contribution in [-0.4, -0.2) is 148 Å². The minimum Gasteiger partial charge on any atom is -0.481 e. The first kappa shape index (κ1) is 56.7. The van der Waals surface area contributed by atoms with Crippen molar-refractivity contribution in [3.8, 4) is 0 Å². The first-order valence-electron chi connectivity index (χ1n) is 21.9. The molecule has 1 aromatic carbocycles. The molecule has 26 heteroatoms. The van der Waals surface area contributed by atoms with Crippen LogP contribution < -0.4 is 59.7 Å². The Balaban J connectivity index is 2.81. The number of nitrogens with zero attached hydrogens (tertiary/aromatic N) is 1. The third kappa shape index (κ3) is 20.4. The Bertz CT molecular complexity index is 2000. The highest BCUT2D eigenvalue weighted by Gasteiger charge is 2.37. The van der Waals surface area contributed by atoms with Gasteiger partial charge in [0.05, 0.1) is 12.8 Å². The molecule has 2 rings (SSSR count). The second kappa shape index (κ2) is 28.6. The summed E-state index contributed by atoms with van der Waals surface area (Å²) in [6, 6.07) is -4.68. The molecule has 8 amide bonds. The Hall–Kier alpha value is -7.38. The second-order valence-electron chi connectivity index (χ2n) is 16.4. The second-order valence-corrected chi connectivity index (χ2v) is 16.4. The molecular weight excluding hydrogens is 897 g/mol. The Morgan fingerprint density at radius 3 is 1.51 bits per heavy atom. The van der Waals surface area contributed by atoms with E-state index in [-0.39, 0.29) is 51.2 Å². The van der Waals surface area contributed by atoms with Gasteiger partial charge in [0.25, 0.3) is 0 Å². The van der Waals surface area contributed by atoms with Gasteiger partial charge < -0.3 is 75.1 Å². The molecule has 1 fully saturated rings. The molecule has 0 aliphatic carbocycles. The van der Waals surface area contributed by atoms with Gasteiger partial charge in [-0.25, -0.2) is 0 Å². The number of guanidine groups is 1. The smallest absolute Gasteiger partial charge is 0.305 e. The number of amides is 8. The molecule has 0 unspecified atom stereocenters. The highest BCUT2D eigenvalue weighted by atomic mass is 16.4. The quantitative estimate of drug-likeness (QED) is 0.0377. The van der Waals surface area contributed by atoms with Crippen molar-refractivity contribution in [3.05, 3.63) is 35.9 Å². The maximum Gasteiger partial charge on any atom is 0.305 e. The third-order valence-electron chi connectivity index (χ3n) is 10.4. The van der Waals surface area contributed by atoms with Crippen LogP contribution in [0.25, 0.3) is 0 Å². The number of rotatable bonds is 18. The highest BCUT2D eigenvalue weighted by molar-refractivity contribution is 6.00. The fourth-order valence-electron chi connectivity index (χ4n) is 6.71. The summed E-state index contributed by atoms with van der Waals surface area (Å²) in [4.78, 5) is 150. The van der Waals surface area contributed by atoms with E-state index >= 15 is 0 Å². The van der Waals surface area contributed by atoms with Crippen LogP contribution in [-0.2, 0) is 59.2 Å². The summed E-state index contributed by atoms with van der Waals surface area (Å²) in [7, 11) is 0. The number of carbonyl (C=O) groups is 11. The van der Waals surface area contributed by atoms with Crippen LogP contribution in [0.1, 0.15) is 84.1 Å².